The van der Waals surface area contributed by atoms with Crippen molar-refractivity contribution in [3.8, 4) is 0 Å². The number of benzene rings is 1. The maximum Gasteiger partial charge on any atom is 0.128 e. The Morgan fingerprint density at radius 1 is 1.28 bits per heavy atom. The van der Waals surface area contributed by atoms with Crippen molar-refractivity contribution in [1.82, 2.24) is 14.6 Å². The van der Waals surface area contributed by atoms with Crippen LogP contribution in [0.2, 0.25) is 0 Å². The van der Waals surface area contributed by atoms with E-state index < -0.39 is 11.0 Å². The molecule has 1 aliphatic heterocycles. The lowest BCUT2D eigenvalue weighted by Gasteiger charge is -2.38. The van der Waals surface area contributed by atoms with Crippen LogP contribution in [0, 0.1) is 0 Å². The molecule has 1 aromatic heterocycles. The van der Waals surface area contributed by atoms with Crippen molar-refractivity contribution in [2.24, 2.45) is 0 Å². The van der Waals surface area contributed by atoms with E-state index in [1.165, 1.54) is 12.8 Å². The third-order valence-corrected chi connectivity index (χ3v) is 6.96. The highest BCUT2D eigenvalue weighted by molar-refractivity contribution is 7.83. The van der Waals surface area contributed by atoms with Crippen LogP contribution in [0.4, 0.5) is 0 Å². The van der Waals surface area contributed by atoms with E-state index in [9.17, 15) is 4.21 Å². The maximum absolute atomic E-state index is 13.3. The molecule has 0 amide bonds. The molecule has 2 unspecified atom stereocenters. The van der Waals surface area contributed by atoms with Crippen LogP contribution in [-0.2, 0) is 11.0 Å². The van der Waals surface area contributed by atoms with Gasteiger partial charge in [0, 0.05) is 41.8 Å². The number of fused-ring (bicyclic) bond motifs is 1. The topological polar surface area (TPSA) is 45.2 Å². The molecule has 0 bridgehead atoms. The number of pyridine rings is 1. The summed E-state index contributed by atoms with van der Waals surface area (Å²) in [6.07, 6.45) is 9.20. The molecule has 2 heterocycles. The molecule has 1 N–H and O–H groups in total. The highest BCUT2D eigenvalue weighted by atomic mass is 32.2. The zero-order valence-electron chi connectivity index (χ0n) is 15.3. The molecule has 136 valence electrons. The quantitative estimate of drug-likeness (QED) is 0.881. The molecule has 25 heavy (non-hydrogen) atoms. The Morgan fingerprint density at radius 2 is 2.16 bits per heavy atom. The molecule has 4 nitrogen and oxygen atoms in total. The zero-order valence-corrected chi connectivity index (χ0v) is 16.1. The van der Waals surface area contributed by atoms with E-state index in [2.05, 4.69) is 28.5 Å². The summed E-state index contributed by atoms with van der Waals surface area (Å²) in [6, 6.07) is 7.98. The predicted molar refractivity (Wildman–Crippen MR) is 105 cm³/mol. The first-order valence-corrected chi connectivity index (χ1v) is 10.5. The summed E-state index contributed by atoms with van der Waals surface area (Å²) in [5, 5.41) is 5.88. The van der Waals surface area contributed by atoms with Gasteiger partial charge in [0.15, 0.2) is 0 Å². The van der Waals surface area contributed by atoms with E-state index in [0.29, 0.717) is 0 Å². The molecule has 1 aliphatic rings. The van der Waals surface area contributed by atoms with Gasteiger partial charge in [-0.2, -0.15) is 0 Å². The van der Waals surface area contributed by atoms with Gasteiger partial charge >= 0.3 is 0 Å². The van der Waals surface area contributed by atoms with Crippen LogP contribution in [0.1, 0.15) is 46.0 Å². The van der Waals surface area contributed by atoms with E-state index in [1.807, 2.05) is 30.5 Å². The lowest BCUT2D eigenvalue weighted by Crippen LogP contribution is -2.50. The van der Waals surface area contributed by atoms with E-state index in [-0.39, 0.29) is 5.54 Å². The molecule has 2 aromatic rings. The summed E-state index contributed by atoms with van der Waals surface area (Å²) >= 11 is 0. The Bertz CT molecular complexity index is 730. The second-order valence-electron chi connectivity index (χ2n) is 6.95. The second-order valence-corrected chi connectivity index (χ2v) is 8.40. The zero-order chi connectivity index (χ0) is 17.7. The predicted octanol–water partition coefficient (Wildman–Crippen LogP) is 3.89. The van der Waals surface area contributed by atoms with Crippen LogP contribution in [0.25, 0.3) is 10.8 Å². The molecule has 0 radical (unpaired) electrons. The first-order valence-electron chi connectivity index (χ1n) is 9.44. The number of aromatic nitrogens is 1. The fourth-order valence-electron chi connectivity index (χ4n) is 3.87. The van der Waals surface area contributed by atoms with Crippen molar-refractivity contribution in [3.63, 3.8) is 0 Å². The first kappa shape index (κ1) is 18.5. The minimum absolute atomic E-state index is 0.195. The maximum atomic E-state index is 13.3. The Balaban J connectivity index is 1.83. The molecule has 2 atom stereocenters. The van der Waals surface area contributed by atoms with Crippen molar-refractivity contribution in [1.29, 1.82) is 0 Å². The molecule has 1 fully saturated rings. The van der Waals surface area contributed by atoms with Gasteiger partial charge in [-0.3, -0.25) is 4.98 Å². The smallest absolute Gasteiger partial charge is 0.128 e. The van der Waals surface area contributed by atoms with E-state index >= 15 is 0 Å². The molecule has 1 aromatic carbocycles. The van der Waals surface area contributed by atoms with Crippen LogP contribution in [-0.4, -0.2) is 38.7 Å². The minimum Gasteiger partial charge on any atom is -0.311 e. The monoisotopic (exact) mass is 359 g/mol. The fraction of sp³-hybridized carbons (Fsp3) is 0.550. The third-order valence-electron chi connectivity index (χ3n) is 5.39. The average molecular weight is 360 g/mol. The molecule has 3 rings (SSSR count). The van der Waals surface area contributed by atoms with Gasteiger partial charge in [-0.25, -0.2) is 8.51 Å². The Hall–Kier alpha value is -1.30. The van der Waals surface area contributed by atoms with Crippen molar-refractivity contribution in [2.75, 3.05) is 19.6 Å². The van der Waals surface area contributed by atoms with Gasteiger partial charge in [-0.1, -0.05) is 32.4 Å². The number of hydrogen-bond donors (Lipinski definition) is 1. The van der Waals surface area contributed by atoms with Crippen LogP contribution in [0.3, 0.4) is 0 Å². The van der Waals surface area contributed by atoms with Gasteiger partial charge in [0.05, 0.1) is 4.90 Å². The lowest BCUT2D eigenvalue weighted by molar-refractivity contribution is 0.223. The molecule has 1 saturated heterocycles. The van der Waals surface area contributed by atoms with Gasteiger partial charge < -0.3 is 5.32 Å². The Kier molecular flexibility index (Phi) is 6.20. The van der Waals surface area contributed by atoms with Gasteiger partial charge in [0.25, 0.3) is 0 Å². The van der Waals surface area contributed by atoms with Crippen LogP contribution < -0.4 is 5.32 Å². The van der Waals surface area contributed by atoms with Crippen molar-refractivity contribution in [2.45, 2.75) is 56.4 Å². The molecule has 5 heteroatoms. The number of rotatable bonds is 5. The van der Waals surface area contributed by atoms with Gasteiger partial charge in [-0.05, 0) is 44.4 Å². The number of nitrogens with zero attached hydrogens (tertiary/aromatic N) is 2. The molecular weight excluding hydrogens is 330 g/mol. The average Bonchev–Trinajstić information content (AvgIpc) is 2.63. The summed E-state index contributed by atoms with van der Waals surface area (Å²) in [5.41, 5.74) is 0.195. The van der Waals surface area contributed by atoms with E-state index in [4.69, 9.17) is 0 Å². The molecule has 0 aliphatic carbocycles. The molecule has 0 saturated carbocycles. The molecule has 0 spiro atoms. The summed E-state index contributed by atoms with van der Waals surface area (Å²) in [5.74, 6) is 0. The second kappa shape index (κ2) is 8.39. The third kappa shape index (κ3) is 4.10. The molecular formula is C20H29N3OS. The van der Waals surface area contributed by atoms with Crippen molar-refractivity contribution < 1.29 is 4.21 Å². The normalized spacial score (nSPS) is 23.9. The highest BCUT2D eigenvalue weighted by Gasteiger charge is 2.30. The summed E-state index contributed by atoms with van der Waals surface area (Å²) in [7, 11) is -1.12. The van der Waals surface area contributed by atoms with Crippen molar-refractivity contribution in [3.05, 3.63) is 36.7 Å². The standard InChI is InChI=1S/C20H29N3OS/c1-3-10-20(4-2)11-15-23(14-6-12-22-20)25(24)19-8-5-7-17-16-21-13-9-18(17)19/h5,7-9,13,16,22H,3-4,6,10-12,14-15H2,1-2H3. The van der Waals surface area contributed by atoms with Gasteiger partial charge in [0.2, 0.25) is 0 Å². The Morgan fingerprint density at radius 3 is 2.96 bits per heavy atom. The van der Waals surface area contributed by atoms with Crippen LogP contribution in [0.15, 0.2) is 41.6 Å². The van der Waals surface area contributed by atoms with E-state index in [1.54, 1.807) is 6.20 Å². The van der Waals surface area contributed by atoms with Crippen LogP contribution >= 0.6 is 0 Å². The first-order chi connectivity index (χ1) is 12.2. The fourth-order valence-corrected chi connectivity index (χ4v) is 5.27. The minimum atomic E-state index is -1.12. The van der Waals surface area contributed by atoms with E-state index in [0.717, 1.165) is 54.6 Å². The van der Waals surface area contributed by atoms with Crippen LogP contribution in [0.5, 0.6) is 0 Å². The highest BCUT2D eigenvalue weighted by Crippen LogP contribution is 2.27. The summed E-state index contributed by atoms with van der Waals surface area (Å²) < 4.78 is 15.5. The van der Waals surface area contributed by atoms with Gasteiger partial charge in [0.1, 0.15) is 11.0 Å². The summed E-state index contributed by atoms with van der Waals surface area (Å²) in [4.78, 5) is 5.09. The Labute approximate surface area is 153 Å². The summed E-state index contributed by atoms with van der Waals surface area (Å²) in [6.45, 7) is 7.25. The number of hydrogen-bond acceptors (Lipinski definition) is 3. The van der Waals surface area contributed by atoms with Gasteiger partial charge in [-0.15, -0.1) is 0 Å². The van der Waals surface area contributed by atoms with Crippen molar-refractivity contribution >= 4 is 21.8 Å². The largest absolute Gasteiger partial charge is 0.311 e. The lowest BCUT2D eigenvalue weighted by atomic mass is 9.86. The number of nitrogens with one attached hydrogen (secondary N) is 1. The SMILES string of the molecule is CCCC1(CC)CCN(S(=O)c2cccc3cnccc23)CCCN1.